The number of nitrogens with zero attached hydrogens (tertiary/aromatic N) is 1. The number of pyridine rings is 1. The highest BCUT2D eigenvalue weighted by Gasteiger charge is 2.14. The molecule has 0 amide bonds. The highest BCUT2D eigenvalue weighted by atomic mass is 35.5. The van der Waals surface area contributed by atoms with Gasteiger partial charge >= 0.3 is 7.12 Å². The summed E-state index contributed by atoms with van der Waals surface area (Å²) in [5, 5.41) is 18.5. The Kier molecular flexibility index (Phi) is 3.24. The van der Waals surface area contributed by atoms with Gasteiger partial charge in [0.15, 0.2) is 0 Å². The van der Waals surface area contributed by atoms with Crippen molar-refractivity contribution in [1.29, 1.82) is 0 Å². The van der Waals surface area contributed by atoms with Crippen molar-refractivity contribution >= 4 is 24.2 Å². The lowest BCUT2D eigenvalue weighted by atomic mass is 9.80. The van der Waals surface area contributed by atoms with E-state index in [9.17, 15) is 0 Å². The zero-order valence-electron chi connectivity index (χ0n) is 8.34. The van der Waals surface area contributed by atoms with Crippen molar-refractivity contribution in [1.82, 2.24) is 4.98 Å². The summed E-state index contributed by atoms with van der Waals surface area (Å²) in [6.07, 6.45) is 1.35. The molecule has 16 heavy (non-hydrogen) atoms. The van der Waals surface area contributed by atoms with Crippen LogP contribution in [-0.2, 0) is 0 Å². The van der Waals surface area contributed by atoms with E-state index in [0.29, 0.717) is 16.2 Å². The minimum Gasteiger partial charge on any atom is -0.423 e. The van der Waals surface area contributed by atoms with Gasteiger partial charge in [-0.3, -0.25) is 0 Å². The van der Waals surface area contributed by atoms with Gasteiger partial charge in [-0.15, -0.1) is 0 Å². The Morgan fingerprint density at radius 2 is 1.81 bits per heavy atom. The first-order valence-corrected chi connectivity index (χ1v) is 5.13. The van der Waals surface area contributed by atoms with Crippen molar-refractivity contribution in [2.45, 2.75) is 0 Å². The molecule has 5 heteroatoms. The lowest BCUT2D eigenvalue weighted by molar-refractivity contribution is 0.425. The third-order valence-electron chi connectivity index (χ3n) is 2.24. The first-order valence-electron chi connectivity index (χ1n) is 4.75. The maximum atomic E-state index is 9.06. The second-order valence-corrected chi connectivity index (χ2v) is 3.70. The Hall–Kier alpha value is -1.36. The summed E-state index contributed by atoms with van der Waals surface area (Å²) in [5.74, 6) is 0. The molecule has 0 fully saturated rings. The van der Waals surface area contributed by atoms with Gasteiger partial charge in [0.1, 0.15) is 5.15 Å². The van der Waals surface area contributed by atoms with Gasteiger partial charge in [0.05, 0.1) is 0 Å². The maximum Gasteiger partial charge on any atom is 0.490 e. The topological polar surface area (TPSA) is 53.4 Å². The van der Waals surface area contributed by atoms with E-state index >= 15 is 0 Å². The average molecular weight is 233 g/mol. The van der Waals surface area contributed by atoms with Gasteiger partial charge in [-0.1, -0.05) is 41.9 Å². The first kappa shape index (κ1) is 11.1. The van der Waals surface area contributed by atoms with Crippen LogP contribution in [0.3, 0.4) is 0 Å². The molecule has 1 heterocycles. The quantitative estimate of drug-likeness (QED) is 0.603. The summed E-state index contributed by atoms with van der Waals surface area (Å²) in [7, 11) is -1.53. The van der Waals surface area contributed by atoms with E-state index in [-0.39, 0.29) is 0 Å². The molecule has 0 atom stereocenters. The molecule has 2 N–H and O–H groups in total. The molecule has 0 unspecified atom stereocenters. The molecule has 0 saturated carbocycles. The molecule has 0 saturated heterocycles. The fraction of sp³-hybridized carbons (Fsp3) is 0. The molecule has 80 valence electrons. The molecule has 0 aliphatic rings. The smallest absolute Gasteiger partial charge is 0.423 e. The molecule has 0 aliphatic carbocycles. The van der Waals surface area contributed by atoms with Crippen molar-refractivity contribution in [3.8, 4) is 11.1 Å². The fourth-order valence-electron chi connectivity index (χ4n) is 1.43. The molecule has 0 radical (unpaired) electrons. The third kappa shape index (κ3) is 2.24. The highest BCUT2D eigenvalue weighted by Crippen LogP contribution is 2.24. The van der Waals surface area contributed by atoms with Crippen molar-refractivity contribution in [3.63, 3.8) is 0 Å². The molecule has 1 aromatic heterocycles. The van der Waals surface area contributed by atoms with E-state index in [1.165, 1.54) is 6.20 Å². The number of hydrogen-bond acceptors (Lipinski definition) is 3. The van der Waals surface area contributed by atoms with E-state index in [2.05, 4.69) is 4.98 Å². The summed E-state index contributed by atoms with van der Waals surface area (Å²) in [6.45, 7) is 0. The van der Waals surface area contributed by atoms with E-state index in [4.69, 9.17) is 21.6 Å². The molecular formula is C11H9BClNO2. The van der Waals surface area contributed by atoms with Gasteiger partial charge in [0.2, 0.25) is 0 Å². The number of aromatic nitrogens is 1. The van der Waals surface area contributed by atoms with Crippen molar-refractivity contribution in [2.24, 2.45) is 0 Å². The van der Waals surface area contributed by atoms with Gasteiger partial charge in [-0.25, -0.2) is 4.98 Å². The number of halogens is 1. The van der Waals surface area contributed by atoms with E-state index in [0.717, 1.165) is 5.56 Å². The summed E-state index contributed by atoms with van der Waals surface area (Å²) >= 11 is 5.96. The van der Waals surface area contributed by atoms with Gasteiger partial charge in [0.25, 0.3) is 0 Å². The third-order valence-corrected chi connectivity index (χ3v) is 2.54. The van der Waals surface area contributed by atoms with E-state index in [1.807, 2.05) is 30.3 Å². The second kappa shape index (κ2) is 4.66. The second-order valence-electron chi connectivity index (χ2n) is 3.35. The van der Waals surface area contributed by atoms with Crippen LogP contribution in [0.25, 0.3) is 11.1 Å². The van der Waals surface area contributed by atoms with E-state index < -0.39 is 7.12 Å². The lowest BCUT2D eigenvalue weighted by Crippen LogP contribution is -2.30. The largest absolute Gasteiger partial charge is 0.490 e. The van der Waals surface area contributed by atoms with Crippen LogP contribution in [0.4, 0.5) is 0 Å². The summed E-state index contributed by atoms with van der Waals surface area (Å²) < 4.78 is 0. The van der Waals surface area contributed by atoms with Crippen LogP contribution in [0.1, 0.15) is 0 Å². The number of rotatable bonds is 2. The molecule has 2 aromatic rings. The SMILES string of the molecule is OB(O)c1cnc(Cl)c(-c2ccccc2)c1. The predicted octanol–water partition coefficient (Wildman–Crippen LogP) is 1.08. The zero-order chi connectivity index (χ0) is 11.5. The Bertz CT molecular complexity index is 491. The fourth-order valence-corrected chi connectivity index (χ4v) is 1.64. The Labute approximate surface area is 98.5 Å². The predicted molar refractivity (Wildman–Crippen MR) is 64.5 cm³/mol. The normalized spacial score (nSPS) is 10.2. The van der Waals surface area contributed by atoms with Crippen LogP contribution in [0.5, 0.6) is 0 Å². The van der Waals surface area contributed by atoms with Crippen LogP contribution in [0.15, 0.2) is 42.6 Å². The van der Waals surface area contributed by atoms with Crippen LogP contribution in [0.2, 0.25) is 5.15 Å². The Morgan fingerprint density at radius 1 is 1.12 bits per heavy atom. The van der Waals surface area contributed by atoms with Crippen molar-refractivity contribution in [3.05, 3.63) is 47.7 Å². The minimum atomic E-state index is -1.53. The molecule has 2 rings (SSSR count). The van der Waals surface area contributed by atoms with Crippen LogP contribution < -0.4 is 5.46 Å². The lowest BCUT2D eigenvalue weighted by Gasteiger charge is -2.06. The summed E-state index contributed by atoms with van der Waals surface area (Å²) in [4.78, 5) is 3.92. The Morgan fingerprint density at radius 3 is 2.44 bits per heavy atom. The average Bonchev–Trinajstić information content (AvgIpc) is 2.30. The van der Waals surface area contributed by atoms with Crippen molar-refractivity contribution in [2.75, 3.05) is 0 Å². The van der Waals surface area contributed by atoms with Gasteiger partial charge < -0.3 is 10.0 Å². The minimum absolute atomic E-state index is 0.322. The zero-order valence-corrected chi connectivity index (χ0v) is 9.09. The molecule has 0 aliphatic heterocycles. The standard InChI is InChI=1S/C11H9BClNO2/c13-11-10(8-4-2-1-3-5-8)6-9(7-14-11)12(15)16/h1-7,15-16H. The summed E-state index contributed by atoms with van der Waals surface area (Å²) in [5.41, 5.74) is 1.90. The molecule has 3 nitrogen and oxygen atoms in total. The Balaban J connectivity index is 2.52. The first-order chi connectivity index (χ1) is 7.68. The van der Waals surface area contributed by atoms with Gasteiger partial charge in [-0.05, 0) is 11.6 Å². The monoisotopic (exact) mass is 233 g/mol. The summed E-state index contributed by atoms with van der Waals surface area (Å²) in [6, 6.07) is 11.1. The van der Waals surface area contributed by atoms with Crippen LogP contribution in [-0.4, -0.2) is 22.2 Å². The molecule has 0 spiro atoms. The maximum absolute atomic E-state index is 9.06. The number of benzene rings is 1. The molecule has 0 bridgehead atoms. The molecule has 1 aromatic carbocycles. The van der Waals surface area contributed by atoms with Crippen LogP contribution >= 0.6 is 11.6 Å². The van der Waals surface area contributed by atoms with Crippen molar-refractivity contribution < 1.29 is 10.0 Å². The van der Waals surface area contributed by atoms with Crippen LogP contribution in [0, 0.1) is 0 Å². The number of hydrogen-bond donors (Lipinski definition) is 2. The van der Waals surface area contributed by atoms with Gasteiger partial charge in [-0.2, -0.15) is 0 Å². The molecular weight excluding hydrogens is 224 g/mol. The highest BCUT2D eigenvalue weighted by molar-refractivity contribution is 6.58. The van der Waals surface area contributed by atoms with E-state index in [1.54, 1.807) is 6.07 Å². The van der Waals surface area contributed by atoms with Gasteiger partial charge in [0, 0.05) is 17.2 Å².